The summed E-state index contributed by atoms with van der Waals surface area (Å²) in [6.07, 6.45) is 1.55. The minimum Gasteiger partial charge on any atom is -0.307 e. The lowest BCUT2D eigenvalue weighted by atomic mass is 10.2. The molecule has 21 heavy (non-hydrogen) atoms. The van der Waals surface area contributed by atoms with Gasteiger partial charge in [-0.05, 0) is 19.1 Å². The van der Waals surface area contributed by atoms with Gasteiger partial charge in [0.2, 0.25) is 0 Å². The third-order valence-corrected chi connectivity index (χ3v) is 3.63. The first kappa shape index (κ1) is 14.3. The Bertz CT molecular complexity index is 799. The van der Waals surface area contributed by atoms with Crippen LogP contribution in [0.5, 0.6) is 0 Å². The highest BCUT2D eigenvalue weighted by Crippen LogP contribution is 2.26. The maximum Gasteiger partial charge on any atom is 0.160 e. The van der Waals surface area contributed by atoms with Gasteiger partial charge < -0.3 is 4.57 Å². The topological polar surface area (TPSA) is 30.7 Å². The summed E-state index contributed by atoms with van der Waals surface area (Å²) >= 11 is 12.1. The quantitative estimate of drug-likeness (QED) is 0.661. The molecule has 0 fully saturated rings. The van der Waals surface area contributed by atoms with Crippen LogP contribution in [-0.4, -0.2) is 14.5 Å². The number of aromatic nitrogens is 3. The van der Waals surface area contributed by atoms with Crippen molar-refractivity contribution in [3.8, 4) is 0 Å². The van der Waals surface area contributed by atoms with E-state index in [0.717, 1.165) is 0 Å². The number of pyridine rings is 1. The molecule has 108 valence electrons. The van der Waals surface area contributed by atoms with Crippen LogP contribution in [0.1, 0.15) is 23.7 Å². The van der Waals surface area contributed by atoms with Crippen molar-refractivity contribution in [3.63, 3.8) is 0 Å². The Kier molecular flexibility index (Phi) is 3.83. The fraction of sp³-hybridized carbons (Fsp3) is 0.200. The van der Waals surface area contributed by atoms with Crippen LogP contribution in [0, 0.1) is 5.82 Å². The lowest BCUT2D eigenvalue weighted by Crippen LogP contribution is -2.07. The summed E-state index contributed by atoms with van der Waals surface area (Å²) in [4.78, 5) is 8.76. The predicted molar refractivity (Wildman–Crippen MR) is 82.3 cm³/mol. The molecule has 2 aromatic heterocycles. The summed E-state index contributed by atoms with van der Waals surface area (Å²) < 4.78 is 15.7. The fourth-order valence-electron chi connectivity index (χ4n) is 2.26. The molecule has 0 amide bonds. The van der Waals surface area contributed by atoms with E-state index in [4.69, 9.17) is 23.2 Å². The highest BCUT2D eigenvalue weighted by molar-refractivity contribution is 6.31. The van der Waals surface area contributed by atoms with E-state index in [0.29, 0.717) is 34.1 Å². The molecule has 0 N–H and O–H groups in total. The maximum atomic E-state index is 13.9. The Balaban J connectivity index is 2.16. The third-order valence-electron chi connectivity index (χ3n) is 3.22. The van der Waals surface area contributed by atoms with E-state index >= 15 is 0 Å². The van der Waals surface area contributed by atoms with Gasteiger partial charge in [-0.2, -0.15) is 0 Å². The molecule has 2 heterocycles. The predicted octanol–water partition coefficient (Wildman–Crippen LogP) is 4.57. The second kappa shape index (κ2) is 5.62. The van der Waals surface area contributed by atoms with Crippen LogP contribution in [0.3, 0.4) is 0 Å². The molecule has 1 unspecified atom stereocenters. The van der Waals surface area contributed by atoms with E-state index in [1.165, 1.54) is 6.07 Å². The summed E-state index contributed by atoms with van der Waals surface area (Å²) in [5.41, 5.74) is 1.86. The second-order valence-corrected chi connectivity index (χ2v) is 5.85. The minimum atomic E-state index is -0.315. The van der Waals surface area contributed by atoms with Crippen LogP contribution < -0.4 is 0 Å². The first-order valence-electron chi connectivity index (χ1n) is 6.45. The molecule has 1 aromatic carbocycles. The molecular formula is C15H12Cl2FN3. The number of hydrogen-bond acceptors (Lipinski definition) is 2. The van der Waals surface area contributed by atoms with Crippen LogP contribution in [0.4, 0.5) is 4.39 Å². The van der Waals surface area contributed by atoms with Crippen molar-refractivity contribution >= 4 is 34.4 Å². The molecule has 0 spiro atoms. The normalized spacial score (nSPS) is 12.8. The van der Waals surface area contributed by atoms with Gasteiger partial charge in [-0.3, -0.25) is 0 Å². The van der Waals surface area contributed by atoms with E-state index < -0.39 is 0 Å². The monoisotopic (exact) mass is 323 g/mol. The number of nitrogens with zero attached hydrogens (tertiary/aromatic N) is 3. The largest absolute Gasteiger partial charge is 0.307 e. The van der Waals surface area contributed by atoms with Gasteiger partial charge >= 0.3 is 0 Å². The zero-order chi connectivity index (χ0) is 15.0. The van der Waals surface area contributed by atoms with Gasteiger partial charge in [-0.1, -0.05) is 29.8 Å². The van der Waals surface area contributed by atoms with E-state index in [2.05, 4.69) is 9.97 Å². The molecule has 3 rings (SSSR count). The van der Waals surface area contributed by atoms with Crippen LogP contribution in [-0.2, 0) is 6.54 Å². The fourth-order valence-corrected chi connectivity index (χ4v) is 2.58. The minimum absolute atomic E-state index is 0.263. The van der Waals surface area contributed by atoms with Gasteiger partial charge in [-0.25, -0.2) is 14.4 Å². The summed E-state index contributed by atoms with van der Waals surface area (Å²) in [5, 5.41) is 0.191. The van der Waals surface area contributed by atoms with Gasteiger partial charge in [0.15, 0.2) is 5.65 Å². The van der Waals surface area contributed by atoms with Crippen LogP contribution >= 0.6 is 23.2 Å². The Morgan fingerprint density at radius 3 is 2.81 bits per heavy atom. The number of benzene rings is 1. The number of hydrogen-bond donors (Lipinski definition) is 0. The smallest absolute Gasteiger partial charge is 0.160 e. The molecule has 0 bridgehead atoms. The molecule has 3 aromatic rings. The summed E-state index contributed by atoms with van der Waals surface area (Å²) in [7, 11) is 0. The van der Waals surface area contributed by atoms with Crippen molar-refractivity contribution in [1.29, 1.82) is 0 Å². The first-order valence-corrected chi connectivity index (χ1v) is 7.27. The van der Waals surface area contributed by atoms with E-state index in [1.54, 1.807) is 30.5 Å². The molecule has 0 saturated carbocycles. The zero-order valence-corrected chi connectivity index (χ0v) is 12.7. The molecule has 6 heteroatoms. The van der Waals surface area contributed by atoms with Gasteiger partial charge in [0.05, 0.1) is 16.9 Å². The highest BCUT2D eigenvalue weighted by atomic mass is 35.5. The van der Waals surface area contributed by atoms with Gasteiger partial charge in [-0.15, -0.1) is 11.6 Å². The molecule has 0 aliphatic carbocycles. The van der Waals surface area contributed by atoms with Crippen molar-refractivity contribution in [2.24, 2.45) is 0 Å². The summed E-state index contributed by atoms with van der Waals surface area (Å²) in [6, 6.07) is 8.35. The van der Waals surface area contributed by atoms with E-state index in [-0.39, 0.29) is 11.2 Å². The number of rotatable bonds is 3. The van der Waals surface area contributed by atoms with Gasteiger partial charge in [0.1, 0.15) is 17.2 Å². The van der Waals surface area contributed by atoms with Crippen molar-refractivity contribution in [2.75, 3.05) is 0 Å². The van der Waals surface area contributed by atoms with E-state index in [9.17, 15) is 4.39 Å². The van der Waals surface area contributed by atoms with E-state index in [1.807, 2.05) is 11.5 Å². The van der Waals surface area contributed by atoms with Crippen molar-refractivity contribution in [2.45, 2.75) is 18.8 Å². The summed E-state index contributed by atoms with van der Waals surface area (Å²) in [5.74, 6) is 0.381. The Hall–Kier alpha value is -1.65. The number of imidazole rings is 1. The standard InChI is InChI=1S/C15H12Cl2FN3/c1-9(16)14-20-13-6-11(17)7-19-15(13)21(14)8-10-4-2-3-5-12(10)18/h2-7,9H,8H2,1H3. The van der Waals surface area contributed by atoms with Crippen molar-refractivity contribution < 1.29 is 4.39 Å². The van der Waals surface area contributed by atoms with Gasteiger partial charge in [0.25, 0.3) is 0 Å². The number of halogens is 3. The van der Waals surface area contributed by atoms with Crippen LogP contribution in [0.25, 0.3) is 11.2 Å². The average Bonchev–Trinajstić information content (AvgIpc) is 2.79. The zero-order valence-electron chi connectivity index (χ0n) is 11.2. The lowest BCUT2D eigenvalue weighted by Gasteiger charge is -2.10. The van der Waals surface area contributed by atoms with Gasteiger partial charge in [0, 0.05) is 11.8 Å². The van der Waals surface area contributed by atoms with Crippen LogP contribution in [0.15, 0.2) is 36.5 Å². The Morgan fingerprint density at radius 2 is 2.10 bits per heavy atom. The molecule has 3 nitrogen and oxygen atoms in total. The molecular weight excluding hydrogens is 312 g/mol. The Labute approximate surface area is 131 Å². The SMILES string of the molecule is CC(Cl)c1nc2cc(Cl)cnc2n1Cc1ccccc1F. The maximum absolute atomic E-state index is 13.9. The Morgan fingerprint density at radius 1 is 1.33 bits per heavy atom. The molecule has 0 aliphatic rings. The molecule has 0 radical (unpaired) electrons. The lowest BCUT2D eigenvalue weighted by molar-refractivity contribution is 0.596. The highest BCUT2D eigenvalue weighted by Gasteiger charge is 2.17. The van der Waals surface area contributed by atoms with Crippen molar-refractivity contribution in [1.82, 2.24) is 14.5 Å². The average molecular weight is 324 g/mol. The summed E-state index contributed by atoms with van der Waals surface area (Å²) in [6.45, 7) is 2.15. The molecule has 0 saturated heterocycles. The number of fused-ring (bicyclic) bond motifs is 1. The molecule has 1 atom stereocenters. The van der Waals surface area contributed by atoms with Crippen LogP contribution in [0.2, 0.25) is 5.02 Å². The number of alkyl halides is 1. The first-order chi connectivity index (χ1) is 10.1. The second-order valence-electron chi connectivity index (χ2n) is 4.76. The van der Waals surface area contributed by atoms with Crippen molar-refractivity contribution in [3.05, 3.63) is 58.8 Å². The third kappa shape index (κ3) is 2.74. The molecule has 0 aliphatic heterocycles.